The second kappa shape index (κ2) is 8.33. The van der Waals surface area contributed by atoms with E-state index in [1.165, 1.54) is 6.07 Å². The third-order valence-corrected chi connectivity index (χ3v) is 5.77. The molecule has 1 saturated heterocycles. The highest BCUT2D eigenvalue weighted by Gasteiger charge is 2.38. The maximum Gasteiger partial charge on any atom is 0.433 e. The van der Waals surface area contributed by atoms with Gasteiger partial charge >= 0.3 is 6.18 Å². The third kappa shape index (κ3) is 4.80. The zero-order valence-electron chi connectivity index (χ0n) is 16.8. The first-order valence-electron chi connectivity index (χ1n) is 10.2. The quantitative estimate of drug-likeness (QED) is 0.713. The van der Waals surface area contributed by atoms with Crippen LogP contribution in [0.2, 0.25) is 0 Å². The molecule has 0 atom stereocenters. The van der Waals surface area contributed by atoms with Crippen LogP contribution in [-0.2, 0) is 12.7 Å². The van der Waals surface area contributed by atoms with Gasteiger partial charge in [-0.2, -0.15) is 13.2 Å². The van der Waals surface area contributed by atoms with Crippen molar-refractivity contribution in [3.63, 3.8) is 0 Å². The molecule has 3 heterocycles. The van der Waals surface area contributed by atoms with Gasteiger partial charge in [-0.3, -0.25) is 9.36 Å². The lowest BCUT2D eigenvalue weighted by molar-refractivity contribution is -0.141. The molecule has 2 fully saturated rings. The Morgan fingerprint density at radius 2 is 1.73 bits per heavy atom. The SMILES string of the molecule is Cc1cc(=O)n(CCN2CCC(N(c3cc(C(F)(F)F)ncn3)C3CC3)CC2)cn1. The van der Waals surface area contributed by atoms with Crippen molar-refractivity contribution >= 4 is 5.82 Å². The van der Waals surface area contributed by atoms with E-state index < -0.39 is 11.9 Å². The van der Waals surface area contributed by atoms with E-state index in [0.717, 1.165) is 57.7 Å². The van der Waals surface area contributed by atoms with Gasteiger partial charge in [0.15, 0.2) is 0 Å². The fourth-order valence-electron chi connectivity index (χ4n) is 4.02. The van der Waals surface area contributed by atoms with Crippen LogP contribution >= 0.6 is 0 Å². The number of hydrogen-bond donors (Lipinski definition) is 0. The van der Waals surface area contributed by atoms with Crippen molar-refractivity contribution in [1.29, 1.82) is 0 Å². The maximum absolute atomic E-state index is 13.1. The molecule has 2 aromatic rings. The molecular weight excluding hydrogens is 397 g/mol. The van der Waals surface area contributed by atoms with Gasteiger partial charge in [-0.25, -0.2) is 15.0 Å². The van der Waals surface area contributed by atoms with E-state index in [0.29, 0.717) is 18.1 Å². The fourth-order valence-corrected chi connectivity index (χ4v) is 4.02. The average molecular weight is 422 g/mol. The Balaban J connectivity index is 1.38. The van der Waals surface area contributed by atoms with E-state index in [4.69, 9.17) is 0 Å². The fraction of sp³-hybridized carbons (Fsp3) is 0.600. The molecule has 0 amide bonds. The zero-order valence-corrected chi connectivity index (χ0v) is 16.8. The van der Waals surface area contributed by atoms with E-state index >= 15 is 0 Å². The largest absolute Gasteiger partial charge is 0.433 e. The minimum Gasteiger partial charge on any atom is -0.350 e. The summed E-state index contributed by atoms with van der Waals surface area (Å²) in [6.07, 6.45) is 1.78. The predicted octanol–water partition coefficient (Wildman–Crippen LogP) is 2.49. The Bertz CT molecular complexity index is 935. The van der Waals surface area contributed by atoms with Crippen LogP contribution in [0.1, 0.15) is 37.1 Å². The van der Waals surface area contributed by atoms with Crippen LogP contribution < -0.4 is 10.5 Å². The highest BCUT2D eigenvalue weighted by molar-refractivity contribution is 5.44. The molecule has 10 heteroatoms. The Kier molecular flexibility index (Phi) is 5.77. The molecule has 0 spiro atoms. The van der Waals surface area contributed by atoms with Gasteiger partial charge in [-0.1, -0.05) is 0 Å². The summed E-state index contributed by atoms with van der Waals surface area (Å²) >= 11 is 0. The van der Waals surface area contributed by atoms with Crippen molar-refractivity contribution < 1.29 is 13.2 Å². The van der Waals surface area contributed by atoms with E-state index in [-0.39, 0.29) is 17.6 Å². The molecule has 7 nitrogen and oxygen atoms in total. The smallest absolute Gasteiger partial charge is 0.350 e. The number of hydrogen-bond acceptors (Lipinski definition) is 6. The van der Waals surface area contributed by atoms with Crippen LogP contribution in [0.15, 0.2) is 29.6 Å². The molecular formula is C20H25F3N6O. The molecule has 4 rings (SSSR count). The molecule has 2 aliphatic rings. The minimum atomic E-state index is -4.47. The van der Waals surface area contributed by atoms with E-state index in [1.54, 1.807) is 17.8 Å². The zero-order chi connectivity index (χ0) is 21.3. The molecule has 1 aliphatic heterocycles. The molecule has 1 saturated carbocycles. The molecule has 2 aromatic heterocycles. The van der Waals surface area contributed by atoms with Gasteiger partial charge in [0, 0.05) is 56.1 Å². The van der Waals surface area contributed by atoms with Crippen LogP contribution in [0, 0.1) is 6.92 Å². The Morgan fingerprint density at radius 1 is 1.03 bits per heavy atom. The van der Waals surface area contributed by atoms with Crippen LogP contribution in [0.4, 0.5) is 19.0 Å². The Hall–Kier alpha value is -2.49. The topological polar surface area (TPSA) is 67.2 Å². The lowest BCUT2D eigenvalue weighted by Crippen LogP contribution is -2.47. The van der Waals surface area contributed by atoms with Crippen molar-refractivity contribution in [2.75, 3.05) is 24.5 Å². The lowest BCUT2D eigenvalue weighted by atomic mass is 10.0. The summed E-state index contributed by atoms with van der Waals surface area (Å²) in [5, 5.41) is 0. The van der Waals surface area contributed by atoms with Crippen LogP contribution in [-0.4, -0.2) is 56.1 Å². The molecule has 0 bridgehead atoms. The minimum absolute atomic E-state index is 0.0541. The van der Waals surface area contributed by atoms with Crippen molar-refractivity contribution in [1.82, 2.24) is 24.4 Å². The second-order valence-corrected chi connectivity index (χ2v) is 8.03. The van der Waals surface area contributed by atoms with Crippen molar-refractivity contribution in [2.24, 2.45) is 0 Å². The van der Waals surface area contributed by atoms with E-state index in [2.05, 4.69) is 24.8 Å². The summed E-state index contributed by atoms with van der Waals surface area (Å²) in [5.41, 5.74) is -0.245. The number of alkyl halides is 3. The number of anilines is 1. The summed E-state index contributed by atoms with van der Waals surface area (Å²) in [5.74, 6) is 0.371. The average Bonchev–Trinajstić information content (AvgIpc) is 3.53. The molecule has 1 aliphatic carbocycles. The van der Waals surface area contributed by atoms with Gasteiger partial charge < -0.3 is 9.80 Å². The van der Waals surface area contributed by atoms with E-state index in [9.17, 15) is 18.0 Å². The molecule has 30 heavy (non-hydrogen) atoms. The highest BCUT2D eigenvalue weighted by atomic mass is 19.4. The van der Waals surface area contributed by atoms with Gasteiger partial charge in [0.25, 0.3) is 5.56 Å². The van der Waals surface area contributed by atoms with Crippen molar-refractivity contribution in [3.05, 3.63) is 46.5 Å². The van der Waals surface area contributed by atoms with Crippen molar-refractivity contribution in [3.8, 4) is 0 Å². The summed E-state index contributed by atoms with van der Waals surface area (Å²) in [7, 11) is 0. The Morgan fingerprint density at radius 3 is 2.37 bits per heavy atom. The van der Waals surface area contributed by atoms with Gasteiger partial charge in [0.1, 0.15) is 17.8 Å². The van der Waals surface area contributed by atoms with Gasteiger partial charge in [0.2, 0.25) is 0 Å². The molecule has 0 aromatic carbocycles. The number of likely N-dealkylation sites (tertiary alicyclic amines) is 1. The predicted molar refractivity (Wildman–Crippen MR) is 105 cm³/mol. The summed E-state index contributed by atoms with van der Waals surface area (Å²) in [6.45, 7) is 4.77. The number of aromatic nitrogens is 4. The molecule has 0 radical (unpaired) electrons. The lowest BCUT2D eigenvalue weighted by Gasteiger charge is -2.39. The standard InChI is InChI=1S/C20H25F3N6O/c1-14-10-19(30)28(13-26-14)9-8-27-6-4-16(5-7-27)29(15-2-3-15)18-11-17(20(21,22)23)24-12-25-18/h10-13,15-16H,2-9H2,1H3. The summed E-state index contributed by atoms with van der Waals surface area (Å²) in [4.78, 5) is 28.1. The first kappa shape index (κ1) is 20.8. The molecule has 0 N–H and O–H groups in total. The van der Waals surface area contributed by atoms with Gasteiger partial charge in [-0.05, 0) is 32.6 Å². The van der Waals surface area contributed by atoms with Crippen LogP contribution in [0.3, 0.4) is 0 Å². The Labute approximate surface area is 172 Å². The number of aryl methyl sites for hydroxylation is 1. The number of nitrogens with zero attached hydrogens (tertiary/aromatic N) is 6. The van der Waals surface area contributed by atoms with Gasteiger partial charge in [-0.15, -0.1) is 0 Å². The number of rotatable bonds is 6. The van der Waals surface area contributed by atoms with Crippen LogP contribution in [0.25, 0.3) is 0 Å². The second-order valence-electron chi connectivity index (χ2n) is 8.03. The number of piperidine rings is 1. The van der Waals surface area contributed by atoms with Crippen LogP contribution in [0.5, 0.6) is 0 Å². The molecule has 0 unspecified atom stereocenters. The first-order valence-corrected chi connectivity index (χ1v) is 10.2. The van der Waals surface area contributed by atoms with E-state index in [1.807, 2.05) is 0 Å². The highest BCUT2D eigenvalue weighted by Crippen LogP contribution is 2.37. The summed E-state index contributed by atoms with van der Waals surface area (Å²) in [6, 6.07) is 3.02. The maximum atomic E-state index is 13.1. The third-order valence-electron chi connectivity index (χ3n) is 5.77. The monoisotopic (exact) mass is 422 g/mol. The normalized spacial score (nSPS) is 18.5. The molecule has 162 valence electrons. The first-order chi connectivity index (χ1) is 14.3. The summed E-state index contributed by atoms with van der Waals surface area (Å²) < 4.78 is 40.8. The van der Waals surface area contributed by atoms with Gasteiger partial charge in [0.05, 0.1) is 6.33 Å². The van der Waals surface area contributed by atoms with Crippen molar-refractivity contribution in [2.45, 2.75) is 57.4 Å². The number of halogens is 3.